The van der Waals surface area contributed by atoms with Gasteiger partial charge < -0.3 is 9.26 Å². The number of para-hydroxylation sites is 1. The van der Waals surface area contributed by atoms with Gasteiger partial charge in [0, 0.05) is 0 Å². The molecular formula is C11H10N2O2. The third kappa shape index (κ3) is 1.74. The Kier molecular flexibility index (Phi) is 2.49. The summed E-state index contributed by atoms with van der Waals surface area (Å²) in [4.78, 5) is 4.13. The number of hydrogen-bond donors (Lipinski definition) is 0. The van der Waals surface area contributed by atoms with Crippen LogP contribution in [0.1, 0.15) is 5.89 Å². The summed E-state index contributed by atoms with van der Waals surface area (Å²) in [5.74, 6) is 1.62. The van der Waals surface area contributed by atoms with E-state index < -0.39 is 0 Å². The molecule has 0 atom stereocenters. The lowest BCUT2D eigenvalue weighted by Crippen LogP contribution is -1.88. The van der Waals surface area contributed by atoms with E-state index in [1.54, 1.807) is 7.11 Å². The Hall–Kier alpha value is -2.10. The Morgan fingerprint density at radius 3 is 2.87 bits per heavy atom. The van der Waals surface area contributed by atoms with Gasteiger partial charge in [-0.15, -0.1) is 0 Å². The van der Waals surface area contributed by atoms with Gasteiger partial charge in [0.05, 0.1) is 12.7 Å². The smallest absolute Gasteiger partial charge is 0.250 e. The molecule has 0 aliphatic rings. The molecule has 0 spiro atoms. The maximum absolute atomic E-state index is 5.20. The van der Waals surface area contributed by atoms with Gasteiger partial charge in [0.25, 0.3) is 0 Å². The molecule has 1 heterocycles. The lowest BCUT2D eigenvalue weighted by molar-refractivity contribution is 0.406. The molecule has 0 fully saturated rings. The van der Waals surface area contributed by atoms with Gasteiger partial charge in [-0.25, -0.2) is 0 Å². The summed E-state index contributed by atoms with van der Waals surface area (Å²) in [5.41, 5.74) is 0.803. The van der Waals surface area contributed by atoms with Gasteiger partial charge in [0.1, 0.15) is 5.75 Å². The molecule has 2 rings (SSSR count). The van der Waals surface area contributed by atoms with E-state index >= 15 is 0 Å². The highest BCUT2D eigenvalue weighted by molar-refractivity contribution is 5.64. The maximum atomic E-state index is 5.20. The van der Waals surface area contributed by atoms with Crippen molar-refractivity contribution in [3.63, 3.8) is 0 Å². The average molecular weight is 202 g/mol. The van der Waals surface area contributed by atoms with Crippen LogP contribution in [0, 0.1) is 0 Å². The number of rotatable bonds is 3. The second-order valence-corrected chi connectivity index (χ2v) is 2.86. The van der Waals surface area contributed by atoms with Crippen LogP contribution < -0.4 is 4.74 Å². The number of benzene rings is 1. The molecule has 4 heteroatoms. The van der Waals surface area contributed by atoms with E-state index in [9.17, 15) is 0 Å². The van der Waals surface area contributed by atoms with Crippen LogP contribution >= 0.6 is 0 Å². The van der Waals surface area contributed by atoms with Crippen molar-refractivity contribution >= 4 is 6.08 Å². The Balaban J connectivity index is 2.48. The summed E-state index contributed by atoms with van der Waals surface area (Å²) < 4.78 is 10.1. The van der Waals surface area contributed by atoms with Crippen molar-refractivity contribution in [3.8, 4) is 17.1 Å². The molecule has 0 amide bonds. The molecular weight excluding hydrogens is 192 g/mol. The van der Waals surface area contributed by atoms with Crippen molar-refractivity contribution in [3.05, 3.63) is 36.7 Å². The van der Waals surface area contributed by atoms with Crippen LogP contribution in [0.25, 0.3) is 17.5 Å². The van der Waals surface area contributed by atoms with E-state index in [4.69, 9.17) is 9.26 Å². The van der Waals surface area contributed by atoms with E-state index in [-0.39, 0.29) is 0 Å². The van der Waals surface area contributed by atoms with Crippen LogP contribution in [0.2, 0.25) is 0 Å². The maximum Gasteiger partial charge on any atom is 0.250 e. The second-order valence-electron chi connectivity index (χ2n) is 2.86. The van der Waals surface area contributed by atoms with Gasteiger partial charge in [-0.3, -0.25) is 0 Å². The lowest BCUT2D eigenvalue weighted by Gasteiger charge is -2.02. The molecule has 1 aromatic heterocycles. The monoisotopic (exact) mass is 202 g/mol. The minimum Gasteiger partial charge on any atom is -0.496 e. The van der Waals surface area contributed by atoms with E-state index in [2.05, 4.69) is 16.7 Å². The lowest BCUT2D eigenvalue weighted by atomic mass is 10.2. The Morgan fingerprint density at radius 1 is 1.40 bits per heavy atom. The molecule has 76 valence electrons. The predicted molar refractivity (Wildman–Crippen MR) is 56.4 cm³/mol. The normalized spacial score (nSPS) is 9.93. The standard InChI is InChI=1S/C11H10N2O2/c1-3-10-12-11(13-15-10)8-6-4-5-7-9(8)14-2/h3-7H,1H2,2H3. The van der Waals surface area contributed by atoms with Gasteiger partial charge in [-0.1, -0.05) is 23.9 Å². The first-order valence-electron chi connectivity index (χ1n) is 4.44. The van der Waals surface area contributed by atoms with Gasteiger partial charge in [0.15, 0.2) is 0 Å². The Morgan fingerprint density at radius 2 is 2.20 bits per heavy atom. The Bertz CT molecular complexity index is 477. The number of hydrogen-bond acceptors (Lipinski definition) is 4. The summed E-state index contributed by atoms with van der Waals surface area (Å²) in [6.45, 7) is 3.55. The predicted octanol–water partition coefficient (Wildman–Crippen LogP) is 2.39. The van der Waals surface area contributed by atoms with Crippen LogP contribution in [0.5, 0.6) is 5.75 Å². The second kappa shape index (κ2) is 3.96. The van der Waals surface area contributed by atoms with E-state index in [1.165, 1.54) is 6.08 Å². The largest absolute Gasteiger partial charge is 0.496 e. The van der Waals surface area contributed by atoms with E-state index in [0.29, 0.717) is 17.5 Å². The molecule has 0 saturated heterocycles. The highest BCUT2D eigenvalue weighted by Gasteiger charge is 2.10. The van der Waals surface area contributed by atoms with Crippen molar-refractivity contribution in [2.24, 2.45) is 0 Å². The first-order chi connectivity index (χ1) is 7.35. The quantitative estimate of drug-likeness (QED) is 0.766. The highest BCUT2D eigenvalue weighted by atomic mass is 16.5. The first-order valence-corrected chi connectivity index (χ1v) is 4.44. The van der Waals surface area contributed by atoms with Gasteiger partial charge in [0.2, 0.25) is 11.7 Å². The molecule has 0 radical (unpaired) electrons. The number of ether oxygens (including phenoxy) is 1. The molecule has 0 saturated carbocycles. The summed E-state index contributed by atoms with van der Waals surface area (Å²) in [6.07, 6.45) is 1.51. The molecule has 4 nitrogen and oxygen atoms in total. The first kappa shape index (κ1) is 9.45. The zero-order chi connectivity index (χ0) is 10.7. The fourth-order valence-electron chi connectivity index (χ4n) is 1.26. The van der Waals surface area contributed by atoms with Crippen LogP contribution in [0.15, 0.2) is 35.4 Å². The zero-order valence-electron chi connectivity index (χ0n) is 8.30. The van der Waals surface area contributed by atoms with Crippen molar-refractivity contribution in [1.29, 1.82) is 0 Å². The molecule has 0 N–H and O–H groups in total. The van der Waals surface area contributed by atoms with Crippen LogP contribution in [0.4, 0.5) is 0 Å². The van der Waals surface area contributed by atoms with Gasteiger partial charge in [-0.05, 0) is 18.2 Å². The molecule has 0 aliphatic carbocycles. The van der Waals surface area contributed by atoms with Crippen LogP contribution in [-0.4, -0.2) is 17.3 Å². The third-order valence-electron chi connectivity index (χ3n) is 1.96. The minimum absolute atomic E-state index is 0.399. The van der Waals surface area contributed by atoms with Crippen molar-refractivity contribution < 1.29 is 9.26 Å². The summed E-state index contributed by atoms with van der Waals surface area (Å²) >= 11 is 0. The molecule has 0 unspecified atom stereocenters. The third-order valence-corrected chi connectivity index (χ3v) is 1.96. The SMILES string of the molecule is C=Cc1nc(-c2ccccc2OC)no1. The van der Waals surface area contributed by atoms with Crippen LogP contribution in [-0.2, 0) is 0 Å². The van der Waals surface area contributed by atoms with Crippen molar-refractivity contribution in [1.82, 2.24) is 10.1 Å². The highest BCUT2D eigenvalue weighted by Crippen LogP contribution is 2.26. The summed E-state index contributed by atoms with van der Waals surface area (Å²) in [5, 5.41) is 3.83. The minimum atomic E-state index is 0.399. The van der Waals surface area contributed by atoms with Gasteiger partial charge >= 0.3 is 0 Å². The summed E-state index contributed by atoms with van der Waals surface area (Å²) in [7, 11) is 1.60. The van der Waals surface area contributed by atoms with Crippen molar-refractivity contribution in [2.45, 2.75) is 0 Å². The zero-order valence-corrected chi connectivity index (χ0v) is 8.30. The Labute approximate surface area is 87.2 Å². The van der Waals surface area contributed by atoms with E-state index in [1.807, 2.05) is 24.3 Å². The molecule has 0 aliphatic heterocycles. The van der Waals surface area contributed by atoms with Crippen molar-refractivity contribution in [2.75, 3.05) is 7.11 Å². The molecule has 0 bridgehead atoms. The molecule has 1 aromatic carbocycles. The van der Waals surface area contributed by atoms with Crippen LogP contribution in [0.3, 0.4) is 0 Å². The summed E-state index contributed by atoms with van der Waals surface area (Å²) in [6, 6.07) is 7.49. The average Bonchev–Trinajstić information content (AvgIpc) is 2.77. The molecule has 15 heavy (non-hydrogen) atoms. The fraction of sp³-hybridized carbons (Fsp3) is 0.0909. The topological polar surface area (TPSA) is 48.2 Å². The number of nitrogens with zero attached hydrogens (tertiary/aromatic N) is 2. The van der Waals surface area contributed by atoms with E-state index in [0.717, 1.165) is 5.56 Å². The molecule has 2 aromatic rings. The van der Waals surface area contributed by atoms with Gasteiger partial charge in [-0.2, -0.15) is 4.98 Å². The number of methoxy groups -OCH3 is 1. The fourth-order valence-corrected chi connectivity index (χ4v) is 1.26. The number of aromatic nitrogens is 2.